The van der Waals surface area contributed by atoms with E-state index in [1.54, 1.807) is 0 Å². The maximum absolute atomic E-state index is 14.3. The van der Waals surface area contributed by atoms with Crippen LogP contribution in [0.3, 0.4) is 0 Å². The van der Waals surface area contributed by atoms with E-state index in [1.807, 2.05) is 13.8 Å². The van der Waals surface area contributed by atoms with Crippen LogP contribution in [0.5, 0.6) is 0 Å². The van der Waals surface area contributed by atoms with Gasteiger partial charge in [-0.1, -0.05) is 34.6 Å². The Morgan fingerprint density at radius 1 is 0.979 bits per heavy atom. The summed E-state index contributed by atoms with van der Waals surface area (Å²) < 4.78 is 23.6. The van der Waals surface area contributed by atoms with Gasteiger partial charge in [0.25, 0.3) is 0 Å². The molecule has 2 spiro atoms. The van der Waals surface area contributed by atoms with Crippen LogP contribution in [0.4, 0.5) is 0 Å². The van der Waals surface area contributed by atoms with Crippen LogP contribution < -0.4 is 0 Å². The molecule has 17 atom stereocenters. The molecule has 5 N–H and O–H groups in total. The van der Waals surface area contributed by atoms with Crippen molar-refractivity contribution >= 4 is 11.8 Å². The summed E-state index contributed by atoms with van der Waals surface area (Å²) in [5.74, 6) is -0.874. The van der Waals surface area contributed by atoms with Crippen molar-refractivity contribution in [2.24, 2.45) is 50.7 Å². The Bertz CT molecular complexity index is 1330. The third-order valence-corrected chi connectivity index (χ3v) is 15.7. The number of carbonyl (C=O) groups excluding carboxylic acids is 2. The number of hydrogen-bond donors (Lipinski definition) is 5. The Morgan fingerprint density at radius 2 is 1.62 bits per heavy atom. The Hall–Kier alpha value is -1.18. The number of Topliss-reactive ketones (excluding diaryl/α,β-unsaturated/α-hetero) is 1. The zero-order valence-electron chi connectivity index (χ0n) is 29.8. The summed E-state index contributed by atoms with van der Waals surface area (Å²) in [6, 6.07) is 0. The molecular formula is C37H58O11. The third kappa shape index (κ3) is 4.47. The average Bonchev–Trinajstić information content (AvgIpc) is 3.86. The van der Waals surface area contributed by atoms with Crippen molar-refractivity contribution in [1.82, 2.24) is 0 Å². The number of rotatable bonds is 7. The van der Waals surface area contributed by atoms with Gasteiger partial charge in [0, 0.05) is 30.1 Å². The zero-order valence-corrected chi connectivity index (χ0v) is 29.8. The van der Waals surface area contributed by atoms with Crippen molar-refractivity contribution in [3.8, 4) is 0 Å². The molecule has 5 aliphatic carbocycles. The van der Waals surface area contributed by atoms with E-state index in [0.29, 0.717) is 12.8 Å². The first-order valence-electron chi connectivity index (χ1n) is 18.3. The Kier molecular flexibility index (Phi) is 8.01. The second-order valence-corrected chi connectivity index (χ2v) is 18.5. The summed E-state index contributed by atoms with van der Waals surface area (Å²) >= 11 is 0. The van der Waals surface area contributed by atoms with Crippen molar-refractivity contribution in [3.63, 3.8) is 0 Å². The van der Waals surface area contributed by atoms with E-state index in [2.05, 4.69) is 34.6 Å². The molecule has 2 heterocycles. The second-order valence-electron chi connectivity index (χ2n) is 18.5. The molecule has 0 bridgehead atoms. The van der Waals surface area contributed by atoms with Crippen molar-refractivity contribution in [2.75, 3.05) is 6.61 Å². The van der Waals surface area contributed by atoms with Gasteiger partial charge in [0.05, 0.1) is 24.4 Å². The lowest BCUT2D eigenvalue weighted by molar-refractivity contribution is -0.309. The van der Waals surface area contributed by atoms with E-state index in [9.17, 15) is 35.1 Å². The minimum absolute atomic E-state index is 0.0502. The standard InChI is InChI=1S/C37H58O11/c1-17(13-20(46-18(2)38)30-33(5,6)48-30)25-27(42)29(44)35(8)22-10-9-21-32(3,4)24(47-31-28(43)26(41)19(39)15-45-31)14-23(40)37(21)16-36(22,37)12-11-34(25,35)7/h17,19-26,28-31,39-41,43-44H,9-16H2,1-8H3. The molecule has 11 heteroatoms. The van der Waals surface area contributed by atoms with Crippen LogP contribution in [0.15, 0.2) is 0 Å². The van der Waals surface area contributed by atoms with Crippen molar-refractivity contribution in [2.45, 2.75) is 161 Å². The molecule has 7 aliphatic rings. The number of esters is 1. The molecule has 7 rings (SSSR count). The van der Waals surface area contributed by atoms with E-state index < -0.39 is 71.2 Å². The van der Waals surface area contributed by atoms with Gasteiger partial charge in [0.15, 0.2) is 12.1 Å². The van der Waals surface area contributed by atoms with E-state index in [4.69, 9.17) is 18.9 Å². The monoisotopic (exact) mass is 678 g/mol. The Labute approximate surface area is 284 Å². The van der Waals surface area contributed by atoms with Crippen LogP contribution in [-0.4, -0.2) is 105 Å². The highest BCUT2D eigenvalue weighted by molar-refractivity contribution is 5.90. The zero-order chi connectivity index (χ0) is 35.1. The van der Waals surface area contributed by atoms with Crippen LogP contribution in [0.25, 0.3) is 0 Å². The lowest BCUT2D eigenvalue weighted by Gasteiger charge is -2.64. The fourth-order valence-electron chi connectivity index (χ4n) is 13.2. The quantitative estimate of drug-likeness (QED) is 0.152. The normalized spacial score (nSPS) is 54.2. The summed E-state index contributed by atoms with van der Waals surface area (Å²) in [5.41, 5.74) is -2.52. The minimum atomic E-state index is -1.40. The SMILES string of the molecule is CC(=O)OC(CC(C)C1C(=O)C(O)C2(C)C3CCC4C(C)(C)C(OC5OCC(O)C(O)C5O)CC(O)C45CC35CCC12C)C1OC1(C)C. The summed E-state index contributed by atoms with van der Waals surface area (Å²) in [7, 11) is 0. The number of aliphatic hydroxyl groups is 5. The summed E-state index contributed by atoms with van der Waals surface area (Å²) in [6.45, 7) is 15.9. The van der Waals surface area contributed by atoms with Gasteiger partial charge >= 0.3 is 5.97 Å². The van der Waals surface area contributed by atoms with Gasteiger partial charge in [-0.3, -0.25) is 9.59 Å². The fraction of sp³-hybridized carbons (Fsp3) is 0.946. The molecule has 11 nitrogen and oxygen atoms in total. The van der Waals surface area contributed by atoms with Crippen molar-refractivity contribution in [3.05, 3.63) is 0 Å². The molecule has 5 saturated carbocycles. The lowest BCUT2D eigenvalue weighted by atomic mass is 9.41. The second kappa shape index (κ2) is 10.9. The summed E-state index contributed by atoms with van der Waals surface area (Å²) in [6.07, 6.45) is -3.10. The van der Waals surface area contributed by atoms with Crippen molar-refractivity contribution < 1.29 is 54.1 Å². The molecule has 0 radical (unpaired) electrons. The number of aliphatic hydroxyl groups excluding tert-OH is 5. The first-order chi connectivity index (χ1) is 22.2. The van der Waals surface area contributed by atoms with E-state index in [0.717, 1.165) is 32.1 Å². The summed E-state index contributed by atoms with van der Waals surface area (Å²) in [4.78, 5) is 26.3. The Morgan fingerprint density at radius 3 is 2.25 bits per heavy atom. The van der Waals surface area contributed by atoms with Crippen LogP contribution in [0.1, 0.15) is 100 Å². The first kappa shape index (κ1) is 35.2. The molecule has 0 amide bonds. The van der Waals surface area contributed by atoms with E-state index in [1.165, 1.54) is 6.92 Å². The number of ketones is 1. The largest absolute Gasteiger partial charge is 0.460 e. The highest BCUT2D eigenvalue weighted by Gasteiger charge is 2.86. The topological polar surface area (TPSA) is 176 Å². The third-order valence-electron chi connectivity index (χ3n) is 15.7. The van der Waals surface area contributed by atoms with Crippen molar-refractivity contribution in [1.29, 1.82) is 0 Å². The van der Waals surface area contributed by atoms with E-state index >= 15 is 0 Å². The molecule has 0 aromatic rings. The molecule has 0 aromatic carbocycles. The summed E-state index contributed by atoms with van der Waals surface area (Å²) in [5, 5.41) is 54.9. The van der Waals surface area contributed by atoms with Gasteiger partial charge in [-0.05, 0) is 86.4 Å². The molecule has 0 aromatic heterocycles. The molecule has 2 aliphatic heterocycles. The van der Waals surface area contributed by atoms with Crippen LogP contribution in [0, 0.1) is 50.7 Å². The predicted molar refractivity (Wildman–Crippen MR) is 171 cm³/mol. The molecule has 48 heavy (non-hydrogen) atoms. The maximum atomic E-state index is 14.3. The molecule has 17 unspecified atom stereocenters. The van der Waals surface area contributed by atoms with Gasteiger partial charge in [-0.25, -0.2) is 0 Å². The fourth-order valence-corrected chi connectivity index (χ4v) is 13.2. The smallest absolute Gasteiger partial charge is 0.302 e. The molecular weight excluding hydrogens is 620 g/mol. The van der Waals surface area contributed by atoms with E-state index in [-0.39, 0.29) is 58.6 Å². The highest BCUT2D eigenvalue weighted by Crippen LogP contribution is 2.88. The number of ether oxygens (including phenoxy) is 4. The van der Waals surface area contributed by atoms with Gasteiger partial charge in [0.1, 0.15) is 36.6 Å². The molecule has 2 saturated heterocycles. The minimum Gasteiger partial charge on any atom is -0.460 e. The molecule has 7 fully saturated rings. The van der Waals surface area contributed by atoms with Gasteiger partial charge in [-0.15, -0.1) is 0 Å². The number of hydrogen-bond acceptors (Lipinski definition) is 11. The lowest BCUT2D eigenvalue weighted by Crippen LogP contribution is -2.63. The van der Waals surface area contributed by atoms with Gasteiger partial charge < -0.3 is 44.5 Å². The highest BCUT2D eigenvalue weighted by atomic mass is 16.7. The van der Waals surface area contributed by atoms with Crippen LogP contribution in [-0.2, 0) is 28.5 Å². The average molecular weight is 679 g/mol. The van der Waals surface area contributed by atoms with Gasteiger partial charge in [0.2, 0.25) is 0 Å². The first-order valence-corrected chi connectivity index (χ1v) is 18.3. The van der Waals surface area contributed by atoms with Gasteiger partial charge in [-0.2, -0.15) is 0 Å². The number of fused-ring (bicyclic) bond motifs is 2. The Balaban J connectivity index is 1.14. The number of carbonyl (C=O) groups is 2. The number of epoxide rings is 1. The van der Waals surface area contributed by atoms with Crippen LogP contribution >= 0.6 is 0 Å². The predicted octanol–water partition coefficient (Wildman–Crippen LogP) is 2.51. The maximum Gasteiger partial charge on any atom is 0.302 e. The van der Waals surface area contributed by atoms with Crippen LogP contribution in [0.2, 0.25) is 0 Å². The molecule has 272 valence electrons.